The molecule has 0 unspecified atom stereocenters. The smallest absolute Gasteiger partial charge is 0.274 e. The Labute approximate surface area is 179 Å². The number of para-hydroxylation sites is 1. The minimum absolute atomic E-state index is 0.171. The fraction of sp³-hybridized carbons (Fsp3) is 0.182. The van der Waals surface area contributed by atoms with Crippen LogP contribution in [0.2, 0.25) is 0 Å². The van der Waals surface area contributed by atoms with Crippen molar-refractivity contribution in [2.45, 2.75) is 19.4 Å². The fourth-order valence-electron chi connectivity index (χ4n) is 3.52. The van der Waals surface area contributed by atoms with Gasteiger partial charge in [-0.2, -0.15) is 5.10 Å². The first-order valence-corrected chi connectivity index (χ1v) is 12.2. The monoisotopic (exact) mass is 439 g/mol. The molecule has 30 heavy (non-hydrogen) atoms. The number of hydrogen-bond donors (Lipinski definition) is 1. The van der Waals surface area contributed by atoms with Gasteiger partial charge in [-0.3, -0.25) is 9.52 Å². The minimum Gasteiger partial charge on any atom is -0.283 e. The number of hydrazone groups is 1. The standard InChI is InChI=1S/C22H21N3O3S2/c1-15-8-3-4-9-16(15)22(26)25-20(21-12-7-13-29-21)14-19(23-25)17-10-5-6-11-18(17)24-30(2,27)28/h3-13,20,24H,14H2,1-2H3/t20-/m0/s1. The maximum absolute atomic E-state index is 13.4. The normalized spacial score (nSPS) is 16.4. The molecule has 0 saturated carbocycles. The molecular weight excluding hydrogens is 418 g/mol. The number of hydrogen-bond acceptors (Lipinski definition) is 5. The van der Waals surface area contributed by atoms with Crippen molar-refractivity contribution in [3.8, 4) is 0 Å². The minimum atomic E-state index is -3.45. The van der Waals surface area contributed by atoms with Crippen LogP contribution in [-0.2, 0) is 10.0 Å². The summed E-state index contributed by atoms with van der Waals surface area (Å²) in [6, 6.07) is 18.3. The number of thiophene rings is 1. The van der Waals surface area contributed by atoms with E-state index in [4.69, 9.17) is 0 Å². The number of sulfonamides is 1. The van der Waals surface area contributed by atoms with E-state index in [1.807, 2.05) is 54.8 Å². The first kappa shape index (κ1) is 20.3. The largest absolute Gasteiger partial charge is 0.283 e. The molecule has 0 saturated heterocycles. The summed E-state index contributed by atoms with van der Waals surface area (Å²) in [6.45, 7) is 1.90. The van der Waals surface area contributed by atoms with Crippen molar-refractivity contribution in [2.75, 3.05) is 11.0 Å². The molecule has 8 heteroatoms. The van der Waals surface area contributed by atoms with Crippen molar-refractivity contribution in [3.05, 3.63) is 87.6 Å². The van der Waals surface area contributed by atoms with Crippen LogP contribution in [0.25, 0.3) is 0 Å². The molecule has 1 aliphatic heterocycles. The van der Waals surface area contributed by atoms with Gasteiger partial charge in [-0.05, 0) is 36.1 Å². The molecule has 3 aromatic rings. The number of nitrogens with zero attached hydrogens (tertiary/aromatic N) is 2. The third-order valence-corrected chi connectivity index (χ3v) is 6.46. The molecule has 6 nitrogen and oxygen atoms in total. The van der Waals surface area contributed by atoms with Crippen LogP contribution in [0.1, 0.15) is 38.8 Å². The van der Waals surface area contributed by atoms with Crippen molar-refractivity contribution >= 4 is 38.7 Å². The molecule has 2 aromatic carbocycles. The number of aryl methyl sites for hydroxylation is 1. The van der Waals surface area contributed by atoms with E-state index in [0.717, 1.165) is 16.7 Å². The number of amides is 1. The van der Waals surface area contributed by atoms with Gasteiger partial charge < -0.3 is 0 Å². The van der Waals surface area contributed by atoms with Gasteiger partial charge in [0.25, 0.3) is 5.91 Å². The third-order valence-electron chi connectivity index (χ3n) is 4.90. The van der Waals surface area contributed by atoms with E-state index in [-0.39, 0.29) is 11.9 Å². The molecule has 0 bridgehead atoms. The first-order chi connectivity index (χ1) is 14.3. The van der Waals surface area contributed by atoms with E-state index in [9.17, 15) is 13.2 Å². The van der Waals surface area contributed by atoms with Gasteiger partial charge in [-0.15, -0.1) is 11.3 Å². The summed E-state index contributed by atoms with van der Waals surface area (Å²) in [6.07, 6.45) is 1.61. The number of anilines is 1. The molecule has 0 fully saturated rings. The van der Waals surface area contributed by atoms with E-state index < -0.39 is 10.0 Å². The van der Waals surface area contributed by atoms with Gasteiger partial charge in [0.2, 0.25) is 10.0 Å². The Kier molecular flexibility index (Phi) is 5.44. The molecule has 4 rings (SSSR count). The summed E-state index contributed by atoms with van der Waals surface area (Å²) >= 11 is 1.57. The van der Waals surface area contributed by atoms with Crippen LogP contribution in [0, 0.1) is 6.92 Å². The van der Waals surface area contributed by atoms with Gasteiger partial charge in [0.1, 0.15) is 0 Å². The molecule has 1 aliphatic rings. The van der Waals surface area contributed by atoms with Gasteiger partial charge in [-0.1, -0.05) is 42.5 Å². The summed E-state index contributed by atoms with van der Waals surface area (Å²) in [5.41, 5.74) is 3.28. The Morgan fingerprint density at radius 1 is 1.10 bits per heavy atom. The van der Waals surface area contributed by atoms with Crippen molar-refractivity contribution in [1.82, 2.24) is 5.01 Å². The van der Waals surface area contributed by atoms with Crippen LogP contribution in [0.3, 0.4) is 0 Å². The Morgan fingerprint density at radius 3 is 2.53 bits per heavy atom. The summed E-state index contributed by atoms with van der Waals surface area (Å²) in [5.74, 6) is -0.171. The van der Waals surface area contributed by atoms with Crippen molar-refractivity contribution in [3.63, 3.8) is 0 Å². The van der Waals surface area contributed by atoms with Gasteiger partial charge in [0, 0.05) is 22.4 Å². The highest BCUT2D eigenvalue weighted by Crippen LogP contribution is 2.37. The highest BCUT2D eigenvalue weighted by Gasteiger charge is 2.35. The molecule has 0 aliphatic carbocycles. The topological polar surface area (TPSA) is 78.8 Å². The number of carbonyl (C=O) groups excluding carboxylic acids is 1. The van der Waals surface area contributed by atoms with Crippen LogP contribution in [-0.4, -0.2) is 31.3 Å². The Bertz CT molecular complexity index is 1220. The van der Waals surface area contributed by atoms with E-state index >= 15 is 0 Å². The van der Waals surface area contributed by atoms with Crippen LogP contribution in [0.5, 0.6) is 0 Å². The number of carbonyl (C=O) groups is 1. The third kappa shape index (κ3) is 4.15. The quantitative estimate of drug-likeness (QED) is 0.639. The number of rotatable bonds is 5. The van der Waals surface area contributed by atoms with Gasteiger partial charge >= 0.3 is 0 Å². The zero-order valence-electron chi connectivity index (χ0n) is 16.6. The van der Waals surface area contributed by atoms with Crippen LogP contribution < -0.4 is 4.72 Å². The lowest BCUT2D eigenvalue weighted by atomic mass is 10.0. The van der Waals surface area contributed by atoms with Gasteiger partial charge in [0.05, 0.1) is 23.7 Å². The Morgan fingerprint density at radius 2 is 1.83 bits per heavy atom. The zero-order chi connectivity index (χ0) is 21.3. The lowest BCUT2D eigenvalue weighted by Crippen LogP contribution is -2.27. The van der Waals surface area contributed by atoms with Crippen LogP contribution >= 0.6 is 11.3 Å². The molecule has 2 heterocycles. The SMILES string of the molecule is Cc1ccccc1C(=O)N1N=C(c2ccccc2NS(C)(=O)=O)C[C@H]1c1cccs1. The number of benzene rings is 2. The molecule has 1 aromatic heterocycles. The highest BCUT2D eigenvalue weighted by atomic mass is 32.2. The second-order valence-corrected chi connectivity index (χ2v) is 9.89. The van der Waals surface area contributed by atoms with E-state index in [1.54, 1.807) is 29.5 Å². The van der Waals surface area contributed by atoms with Crippen molar-refractivity contribution in [2.24, 2.45) is 5.10 Å². The molecular formula is C22H21N3O3S2. The second kappa shape index (κ2) is 8.04. The summed E-state index contributed by atoms with van der Waals surface area (Å²) in [5, 5.41) is 8.18. The van der Waals surface area contributed by atoms with Gasteiger partial charge in [-0.25, -0.2) is 13.4 Å². The Balaban J connectivity index is 1.77. The molecule has 0 radical (unpaired) electrons. The second-order valence-electron chi connectivity index (χ2n) is 7.17. The van der Waals surface area contributed by atoms with Gasteiger partial charge in [0.15, 0.2) is 0 Å². The van der Waals surface area contributed by atoms with E-state index in [1.165, 1.54) is 5.01 Å². The average molecular weight is 440 g/mol. The summed E-state index contributed by atoms with van der Waals surface area (Å²) in [4.78, 5) is 14.4. The predicted octanol–water partition coefficient (Wildman–Crippen LogP) is 4.42. The maximum atomic E-state index is 13.4. The van der Waals surface area contributed by atoms with Crippen molar-refractivity contribution in [1.29, 1.82) is 0 Å². The van der Waals surface area contributed by atoms with Crippen LogP contribution in [0.15, 0.2) is 71.1 Å². The lowest BCUT2D eigenvalue weighted by molar-refractivity contribution is 0.0713. The maximum Gasteiger partial charge on any atom is 0.274 e. The molecule has 154 valence electrons. The van der Waals surface area contributed by atoms with E-state index in [2.05, 4.69) is 9.82 Å². The predicted molar refractivity (Wildman–Crippen MR) is 120 cm³/mol. The molecule has 1 amide bonds. The summed E-state index contributed by atoms with van der Waals surface area (Å²) in [7, 11) is -3.45. The summed E-state index contributed by atoms with van der Waals surface area (Å²) < 4.78 is 26.2. The van der Waals surface area contributed by atoms with E-state index in [0.29, 0.717) is 28.9 Å². The Hall–Kier alpha value is -2.97. The molecule has 0 spiro atoms. The molecule has 1 atom stereocenters. The number of nitrogens with one attached hydrogen (secondary N) is 1. The lowest BCUT2D eigenvalue weighted by Gasteiger charge is -2.21. The zero-order valence-corrected chi connectivity index (χ0v) is 18.2. The fourth-order valence-corrected chi connectivity index (χ4v) is 4.91. The average Bonchev–Trinajstić information content (AvgIpc) is 3.37. The van der Waals surface area contributed by atoms with Crippen LogP contribution in [0.4, 0.5) is 5.69 Å². The highest BCUT2D eigenvalue weighted by molar-refractivity contribution is 7.92. The van der Waals surface area contributed by atoms with Crippen molar-refractivity contribution < 1.29 is 13.2 Å². The molecule has 1 N–H and O–H groups in total. The first-order valence-electron chi connectivity index (χ1n) is 9.41.